The Kier molecular flexibility index (Phi) is 9.57. The monoisotopic (exact) mass is 464 g/mol. The van der Waals surface area contributed by atoms with Crippen molar-refractivity contribution in [2.45, 2.75) is 13.8 Å². The van der Waals surface area contributed by atoms with Crippen LogP contribution in [0.2, 0.25) is 0 Å². The van der Waals surface area contributed by atoms with Gasteiger partial charge in [-0.15, -0.1) is 6.58 Å². The van der Waals surface area contributed by atoms with E-state index >= 15 is 0 Å². The van der Waals surface area contributed by atoms with Crippen molar-refractivity contribution in [3.05, 3.63) is 77.9 Å². The smallest absolute Gasteiger partial charge is 0.343 e. The third-order valence-electron chi connectivity index (χ3n) is 4.43. The third-order valence-corrected chi connectivity index (χ3v) is 4.43. The van der Waals surface area contributed by atoms with Gasteiger partial charge in [0.1, 0.15) is 12.3 Å². The van der Waals surface area contributed by atoms with Crippen molar-refractivity contribution >= 4 is 35.6 Å². The first kappa shape index (κ1) is 25.9. The Bertz CT molecular complexity index is 1090. The maximum Gasteiger partial charge on any atom is 0.343 e. The molecule has 0 aromatic heterocycles. The molecule has 0 radical (unpaired) electrons. The number of carbonyl (C=O) groups excluding carboxylic acids is 3. The van der Waals surface area contributed by atoms with Gasteiger partial charge in [-0.25, -0.2) is 9.79 Å². The molecule has 0 bridgehead atoms. The van der Waals surface area contributed by atoms with E-state index in [0.29, 0.717) is 28.1 Å². The normalized spacial score (nSPS) is 10.7. The zero-order chi connectivity index (χ0) is 25.1. The van der Waals surface area contributed by atoms with Crippen LogP contribution in [0, 0.1) is 0 Å². The van der Waals surface area contributed by atoms with Gasteiger partial charge in [0.2, 0.25) is 5.91 Å². The van der Waals surface area contributed by atoms with E-state index in [-0.39, 0.29) is 31.6 Å². The summed E-state index contributed by atoms with van der Waals surface area (Å²) in [5.74, 6) is -1.07. The second-order valence-corrected chi connectivity index (χ2v) is 7.15. The molecule has 2 aromatic rings. The number of hydrogen-bond donors (Lipinski definition) is 2. The average Bonchev–Trinajstić information content (AvgIpc) is 2.80. The minimum absolute atomic E-state index is 0.0665. The molecule has 0 atom stereocenters. The maximum atomic E-state index is 12.7. The van der Waals surface area contributed by atoms with Gasteiger partial charge >= 0.3 is 11.9 Å². The molecule has 178 valence electrons. The number of rotatable bonds is 10. The van der Waals surface area contributed by atoms with Gasteiger partial charge in [0.25, 0.3) is 0 Å². The fraction of sp³-hybridized carbons (Fsp3) is 0.200. The highest BCUT2D eigenvalue weighted by Crippen LogP contribution is 2.19. The first-order valence-electron chi connectivity index (χ1n) is 10.5. The van der Waals surface area contributed by atoms with Crippen molar-refractivity contribution in [1.82, 2.24) is 4.90 Å². The lowest BCUT2D eigenvalue weighted by Gasteiger charge is -2.20. The third kappa shape index (κ3) is 7.94. The first-order chi connectivity index (χ1) is 16.2. The van der Waals surface area contributed by atoms with E-state index in [0.717, 1.165) is 0 Å². The summed E-state index contributed by atoms with van der Waals surface area (Å²) < 4.78 is 10.3. The Labute approximate surface area is 198 Å². The van der Waals surface area contributed by atoms with Crippen molar-refractivity contribution in [2.75, 3.05) is 19.7 Å². The average molecular weight is 465 g/mol. The molecule has 0 fully saturated rings. The van der Waals surface area contributed by atoms with E-state index < -0.39 is 11.9 Å². The van der Waals surface area contributed by atoms with Crippen LogP contribution < -0.4 is 16.2 Å². The van der Waals surface area contributed by atoms with E-state index in [1.165, 1.54) is 4.90 Å². The predicted molar refractivity (Wildman–Crippen MR) is 130 cm³/mol. The topological polar surface area (TPSA) is 137 Å². The number of nitrogens with two attached hydrogens (primary N) is 2. The lowest BCUT2D eigenvalue weighted by Crippen LogP contribution is -2.37. The second-order valence-electron chi connectivity index (χ2n) is 7.15. The molecule has 0 aliphatic rings. The van der Waals surface area contributed by atoms with Gasteiger partial charge in [0, 0.05) is 12.1 Å². The highest BCUT2D eigenvalue weighted by molar-refractivity contribution is 5.99. The number of hydrogen-bond acceptors (Lipinski definition) is 6. The molecule has 2 rings (SSSR count). The van der Waals surface area contributed by atoms with Gasteiger partial charge in [0.15, 0.2) is 5.96 Å². The predicted octanol–water partition coefficient (Wildman–Crippen LogP) is 2.79. The molecule has 4 N–H and O–H groups in total. The fourth-order valence-electron chi connectivity index (χ4n) is 2.92. The van der Waals surface area contributed by atoms with E-state index in [2.05, 4.69) is 11.6 Å². The van der Waals surface area contributed by atoms with Gasteiger partial charge in [-0.3, -0.25) is 9.59 Å². The highest BCUT2D eigenvalue weighted by atomic mass is 16.5. The van der Waals surface area contributed by atoms with E-state index in [9.17, 15) is 14.4 Å². The molecule has 0 aliphatic heterocycles. The van der Waals surface area contributed by atoms with Crippen molar-refractivity contribution in [2.24, 2.45) is 16.5 Å². The van der Waals surface area contributed by atoms with Gasteiger partial charge in [-0.1, -0.05) is 18.2 Å². The Hall–Kier alpha value is -4.40. The maximum absolute atomic E-state index is 12.7. The molecule has 0 spiro atoms. The summed E-state index contributed by atoms with van der Waals surface area (Å²) in [5.41, 5.74) is 12.7. The molecular weight excluding hydrogens is 436 g/mol. The number of nitrogens with zero attached hydrogens (tertiary/aromatic N) is 2. The standard InChI is InChI=1S/C25H28N4O5/c1-4-14-29(16-22(30)33-5-2)23(31)17(3)15-18-6-8-19(9-7-18)24(32)34-21-12-10-20(11-13-21)28-25(26)27/h4,6-13,15H,1,5,14,16H2,2-3H3,(H4,26,27,28). The Morgan fingerprint density at radius 2 is 1.71 bits per heavy atom. The molecule has 1 amide bonds. The van der Waals surface area contributed by atoms with Crippen LogP contribution in [0.1, 0.15) is 29.8 Å². The summed E-state index contributed by atoms with van der Waals surface area (Å²) in [7, 11) is 0. The summed E-state index contributed by atoms with van der Waals surface area (Å²) in [6.07, 6.45) is 3.21. The van der Waals surface area contributed by atoms with E-state index in [4.69, 9.17) is 20.9 Å². The quantitative estimate of drug-likeness (QED) is 0.138. The fourth-order valence-corrected chi connectivity index (χ4v) is 2.92. The zero-order valence-corrected chi connectivity index (χ0v) is 19.2. The van der Waals surface area contributed by atoms with Crippen molar-refractivity contribution in [3.8, 4) is 5.75 Å². The van der Waals surface area contributed by atoms with Crippen LogP contribution in [0.15, 0.2) is 71.8 Å². The second kappa shape index (κ2) is 12.6. The molecule has 0 heterocycles. The number of benzene rings is 2. The van der Waals surface area contributed by atoms with E-state index in [1.807, 2.05) is 0 Å². The minimum atomic E-state index is -0.537. The van der Waals surface area contributed by atoms with Crippen molar-refractivity contribution in [1.29, 1.82) is 0 Å². The van der Waals surface area contributed by atoms with E-state index in [1.54, 1.807) is 74.5 Å². The summed E-state index contributed by atoms with van der Waals surface area (Å²) in [4.78, 5) is 42.2. The number of esters is 2. The molecule has 9 heteroatoms. The Balaban J connectivity index is 2.06. The number of ether oxygens (including phenoxy) is 2. The van der Waals surface area contributed by atoms with Gasteiger partial charge < -0.3 is 25.8 Å². The van der Waals surface area contributed by atoms with Crippen molar-refractivity contribution < 1.29 is 23.9 Å². The summed E-state index contributed by atoms with van der Waals surface area (Å²) >= 11 is 0. The molecule has 2 aromatic carbocycles. The zero-order valence-electron chi connectivity index (χ0n) is 19.2. The van der Waals surface area contributed by atoms with Crippen LogP contribution in [-0.4, -0.2) is 48.4 Å². The number of amides is 1. The minimum Gasteiger partial charge on any atom is -0.465 e. The lowest BCUT2D eigenvalue weighted by molar-refractivity contribution is -0.147. The molecule has 34 heavy (non-hydrogen) atoms. The molecular formula is C25H28N4O5. The summed E-state index contributed by atoms with van der Waals surface area (Å²) in [6, 6.07) is 13.0. The number of aliphatic imine (C=N–C) groups is 1. The molecule has 0 saturated carbocycles. The van der Waals surface area contributed by atoms with Crippen LogP contribution in [0.4, 0.5) is 5.69 Å². The van der Waals surface area contributed by atoms with Crippen LogP contribution in [-0.2, 0) is 14.3 Å². The van der Waals surface area contributed by atoms with Crippen LogP contribution in [0.5, 0.6) is 5.75 Å². The molecule has 0 aliphatic carbocycles. The summed E-state index contributed by atoms with van der Waals surface area (Å²) in [6.45, 7) is 7.26. The highest BCUT2D eigenvalue weighted by Gasteiger charge is 2.18. The van der Waals surface area contributed by atoms with Crippen LogP contribution >= 0.6 is 0 Å². The first-order valence-corrected chi connectivity index (χ1v) is 10.5. The van der Waals surface area contributed by atoms with Crippen LogP contribution in [0.3, 0.4) is 0 Å². The Morgan fingerprint density at radius 1 is 1.06 bits per heavy atom. The van der Waals surface area contributed by atoms with Gasteiger partial charge in [0.05, 0.1) is 17.9 Å². The largest absolute Gasteiger partial charge is 0.465 e. The van der Waals surface area contributed by atoms with Crippen LogP contribution in [0.25, 0.3) is 6.08 Å². The van der Waals surface area contributed by atoms with Gasteiger partial charge in [-0.2, -0.15) is 0 Å². The Morgan fingerprint density at radius 3 is 2.26 bits per heavy atom. The molecule has 9 nitrogen and oxygen atoms in total. The van der Waals surface area contributed by atoms with Gasteiger partial charge in [-0.05, 0) is 61.9 Å². The summed E-state index contributed by atoms with van der Waals surface area (Å²) in [5, 5.41) is 0. The molecule has 0 saturated heterocycles. The van der Waals surface area contributed by atoms with Crippen molar-refractivity contribution in [3.63, 3.8) is 0 Å². The lowest BCUT2D eigenvalue weighted by atomic mass is 10.1. The number of guanidine groups is 1. The SMILES string of the molecule is C=CCN(CC(=O)OCC)C(=O)C(C)=Cc1ccc(C(=O)Oc2ccc(N=C(N)N)cc2)cc1. The number of carbonyl (C=O) groups is 3. The molecule has 0 unspecified atom stereocenters.